The lowest BCUT2D eigenvalue weighted by molar-refractivity contribution is -0.142. The monoisotopic (exact) mass is 348 g/mol. The van der Waals surface area contributed by atoms with Gasteiger partial charge in [-0.15, -0.1) is 0 Å². The molecular weight excluding hydrogens is 320 g/mol. The summed E-state index contributed by atoms with van der Waals surface area (Å²) < 4.78 is 11.1. The van der Waals surface area contributed by atoms with E-state index in [0.29, 0.717) is 26.2 Å². The molecule has 1 N–H and O–H groups in total. The average molecular weight is 348 g/mol. The number of β-amino-alcohol motifs (C(OH)–C–C–N with tert-alkyl or cyclic N) is 1. The summed E-state index contributed by atoms with van der Waals surface area (Å²) in [6.45, 7) is 6.52. The summed E-state index contributed by atoms with van der Waals surface area (Å²) in [4.78, 5) is 16.4. The second-order valence-electron chi connectivity index (χ2n) is 6.91. The van der Waals surface area contributed by atoms with Crippen molar-refractivity contribution in [2.75, 3.05) is 45.9 Å². The fourth-order valence-electron chi connectivity index (χ4n) is 3.30. The van der Waals surface area contributed by atoms with Crippen LogP contribution in [0.15, 0.2) is 24.3 Å². The molecular formula is C19H28N2O4. The third-order valence-corrected chi connectivity index (χ3v) is 4.82. The van der Waals surface area contributed by atoms with Gasteiger partial charge in [-0.1, -0.05) is 17.7 Å². The molecule has 0 aromatic heterocycles. The number of amides is 1. The number of carbonyl (C=O) groups excluding carboxylic acids is 1. The van der Waals surface area contributed by atoms with E-state index in [9.17, 15) is 9.90 Å². The standard InChI is InChI=1S/C19H28N2O4/c1-15-4-6-17(7-5-15)25-14-16(22)13-20-8-10-21(11-9-20)19(23)18-3-2-12-24-18/h4-7,16,18,22H,2-3,8-14H2,1H3/t16-,18-/m0/s1. The second-order valence-corrected chi connectivity index (χ2v) is 6.91. The Kier molecular flexibility index (Phi) is 6.29. The van der Waals surface area contributed by atoms with E-state index in [1.54, 1.807) is 0 Å². The lowest BCUT2D eigenvalue weighted by Crippen LogP contribution is -2.53. The van der Waals surface area contributed by atoms with Crippen LogP contribution in [0.4, 0.5) is 0 Å². The van der Waals surface area contributed by atoms with Gasteiger partial charge in [0, 0.05) is 39.3 Å². The van der Waals surface area contributed by atoms with Gasteiger partial charge in [-0.25, -0.2) is 0 Å². The minimum Gasteiger partial charge on any atom is -0.491 e. The minimum atomic E-state index is -0.540. The molecule has 0 bridgehead atoms. The number of aryl methyl sites for hydroxylation is 1. The molecule has 0 unspecified atom stereocenters. The van der Waals surface area contributed by atoms with Crippen LogP contribution in [0.5, 0.6) is 5.75 Å². The maximum atomic E-state index is 12.3. The Morgan fingerprint density at radius 2 is 2.00 bits per heavy atom. The molecule has 6 nitrogen and oxygen atoms in total. The van der Waals surface area contributed by atoms with Crippen LogP contribution in [0.1, 0.15) is 18.4 Å². The second kappa shape index (κ2) is 8.65. The van der Waals surface area contributed by atoms with Gasteiger partial charge in [-0.05, 0) is 31.9 Å². The van der Waals surface area contributed by atoms with Crippen molar-refractivity contribution in [3.63, 3.8) is 0 Å². The summed E-state index contributed by atoms with van der Waals surface area (Å²) in [5.41, 5.74) is 1.18. The predicted octanol–water partition coefficient (Wildman–Crippen LogP) is 1.06. The molecule has 2 aliphatic heterocycles. The van der Waals surface area contributed by atoms with Gasteiger partial charge in [0.2, 0.25) is 0 Å². The SMILES string of the molecule is Cc1ccc(OC[C@@H](O)CN2CCN(C(=O)[C@@H]3CCCO3)CC2)cc1. The van der Waals surface area contributed by atoms with Crippen molar-refractivity contribution in [1.29, 1.82) is 0 Å². The summed E-state index contributed by atoms with van der Waals surface area (Å²) in [6.07, 6.45) is 1.04. The molecule has 25 heavy (non-hydrogen) atoms. The van der Waals surface area contributed by atoms with Crippen molar-refractivity contribution in [1.82, 2.24) is 9.80 Å². The third kappa shape index (κ3) is 5.17. The van der Waals surface area contributed by atoms with Crippen molar-refractivity contribution in [3.8, 4) is 5.75 Å². The van der Waals surface area contributed by atoms with E-state index < -0.39 is 6.10 Å². The zero-order chi connectivity index (χ0) is 17.6. The van der Waals surface area contributed by atoms with Crippen molar-refractivity contribution in [2.45, 2.75) is 32.0 Å². The quantitative estimate of drug-likeness (QED) is 0.833. The molecule has 138 valence electrons. The third-order valence-electron chi connectivity index (χ3n) is 4.82. The van der Waals surface area contributed by atoms with Gasteiger partial charge in [0.15, 0.2) is 0 Å². The van der Waals surface area contributed by atoms with Gasteiger partial charge in [-0.2, -0.15) is 0 Å². The molecule has 0 aliphatic carbocycles. The van der Waals surface area contributed by atoms with Crippen LogP contribution in [-0.4, -0.2) is 79.0 Å². The number of carbonyl (C=O) groups is 1. The smallest absolute Gasteiger partial charge is 0.251 e. The summed E-state index contributed by atoms with van der Waals surface area (Å²) in [7, 11) is 0. The highest BCUT2D eigenvalue weighted by molar-refractivity contribution is 5.81. The average Bonchev–Trinajstić information content (AvgIpc) is 3.16. The van der Waals surface area contributed by atoms with E-state index in [0.717, 1.165) is 31.7 Å². The molecule has 2 saturated heterocycles. The molecule has 1 aromatic rings. The number of aliphatic hydroxyl groups excluding tert-OH is 1. The number of piperazine rings is 1. The number of aliphatic hydroxyl groups is 1. The van der Waals surface area contributed by atoms with Gasteiger partial charge >= 0.3 is 0 Å². The number of ether oxygens (including phenoxy) is 2. The van der Waals surface area contributed by atoms with E-state index in [-0.39, 0.29) is 18.6 Å². The van der Waals surface area contributed by atoms with E-state index in [1.807, 2.05) is 36.1 Å². The molecule has 3 rings (SSSR count). The number of rotatable bonds is 6. The highest BCUT2D eigenvalue weighted by Gasteiger charge is 2.30. The van der Waals surface area contributed by atoms with Gasteiger partial charge in [0.05, 0.1) is 0 Å². The van der Waals surface area contributed by atoms with Crippen LogP contribution in [0.3, 0.4) is 0 Å². The molecule has 0 spiro atoms. The Morgan fingerprint density at radius 3 is 2.64 bits per heavy atom. The first-order chi connectivity index (χ1) is 12.1. The maximum Gasteiger partial charge on any atom is 0.251 e. The zero-order valence-corrected chi connectivity index (χ0v) is 14.9. The largest absolute Gasteiger partial charge is 0.491 e. The highest BCUT2D eigenvalue weighted by atomic mass is 16.5. The first-order valence-corrected chi connectivity index (χ1v) is 9.12. The lowest BCUT2D eigenvalue weighted by atomic mass is 10.2. The van der Waals surface area contributed by atoms with Crippen molar-refractivity contribution in [2.24, 2.45) is 0 Å². The van der Waals surface area contributed by atoms with Crippen LogP contribution in [0, 0.1) is 6.92 Å². The Labute approximate surface area is 149 Å². The van der Waals surface area contributed by atoms with E-state index in [2.05, 4.69) is 4.90 Å². The molecule has 1 amide bonds. The summed E-state index contributed by atoms with van der Waals surface area (Å²) in [5.74, 6) is 0.900. The van der Waals surface area contributed by atoms with Crippen LogP contribution in [0.2, 0.25) is 0 Å². The Bertz CT molecular complexity index is 549. The zero-order valence-electron chi connectivity index (χ0n) is 14.9. The van der Waals surface area contributed by atoms with Crippen LogP contribution in [0.25, 0.3) is 0 Å². The Morgan fingerprint density at radius 1 is 1.28 bits per heavy atom. The molecule has 6 heteroatoms. The van der Waals surface area contributed by atoms with Gasteiger partial charge < -0.3 is 19.5 Å². The van der Waals surface area contributed by atoms with Crippen molar-refractivity contribution >= 4 is 5.91 Å². The summed E-state index contributed by atoms with van der Waals surface area (Å²) in [5, 5.41) is 10.2. The Hall–Kier alpha value is -1.63. The van der Waals surface area contributed by atoms with E-state index >= 15 is 0 Å². The summed E-state index contributed by atoms with van der Waals surface area (Å²) >= 11 is 0. The van der Waals surface area contributed by atoms with E-state index in [4.69, 9.17) is 9.47 Å². The molecule has 2 atom stereocenters. The lowest BCUT2D eigenvalue weighted by Gasteiger charge is -2.36. The first-order valence-electron chi connectivity index (χ1n) is 9.12. The first kappa shape index (κ1) is 18.2. The minimum absolute atomic E-state index is 0.125. The molecule has 0 radical (unpaired) electrons. The molecule has 2 aliphatic rings. The predicted molar refractivity (Wildman–Crippen MR) is 94.7 cm³/mol. The number of hydrogen-bond donors (Lipinski definition) is 1. The Balaban J connectivity index is 1.36. The fraction of sp³-hybridized carbons (Fsp3) is 0.632. The van der Waals surface area contributed by atoms with E-state index in [1.165, 1.54) is 5.56 Å². The van der Waals surface area contributed by atoms with Crippen LogP contribution < -0.4 is 4.74 Å². The molecule has 1 aromatic carbocycles. The highest BCUT2D eigenvalue weighted by Crippen LogP contribution is 2.16. The van der Waals surface area contributed by atoms with Gasteiger partial charge in [-0.3, -0.25) is 9.69 Å². The molecule has 0 saturated carbocycles. The number of benzene rings is 1. The van der Waals surface area contributed by atoms with Crippen LogP contribution in [-0.2, 0) is 9.53 Å². The van der Waals surface area contributed by atoms with Crippen LogP contribution >= 0.6 is 0 Å². The van der Waals surface area contributed by atoms with Gasteiger partial charge in [0.1, 0.15) is 24.6 Å². The molecule has 2 fully saturated rings. The number of nitrogens with zero attached hydrogens (tertiary/aromatic N) is 2. The maximum absolute atomic E-state index is 12.3. The normalized spacial score (nSPS) is 22.8. The van der Waals surface area contributed by atoms with Crippen molar-refractivity contribution < 1.29 is 19.4 Å². The van der Waals surface area contributed by atoms with Crippen molar-refractivity contribution in [3.05, 3.63) is 29.8 Å². The topological polar surface area (TPSA) is 62.2 Å². The van der Waals surface area contributed by atoms with Gasteiger partial charge in [0.25, 0.3) is 5.91 Å². The molecule has 2 heterocycles. The number of hydrogen-bond acceptors (Lipinski definition) is 5. The fourth-order valence-corrected chi connectivity index (χ4v) is 3.30. The summed E-state index contributed by atoms with van der Waals surface area (Å²) in [6, 6.07) is 7.81.